The van der Waals surface area contributed by atoms with E-state index in [9.17, 15) is 22.8 Å². The van der Waals surface area contributed by atoms with Gasteiger partial charge in [0.1, 0.15) is 14.8 Å². The fourth-order valence-corrected chi connectivity index (χ4v) is 6.91. The number of ether oxygens (including phenoxy) is 1. The molecule has 2 aromatic heterocycles. The Labute approximate surface area is 179 Å². The maximum atomic E-state index is 12.6. The molecule has 0 spiro atoms. The molecule has 0 bridgehead atoms. The quantitative estimate of drug-likeness (QED) is 0.527. The predicted molar refractivity (Wildman–Crippen MR) is 112 cm³/mol. The van der Waals surface area contributed by atoms with Crippen molar-refractivity contribution in [3.8, 4) is 5.75 Å². The highest BCUT2D eigenvalue weighted by molar-refractivity contribution is 7.93. The fraction of sp³-hybridized carbons (Fsp3) is 0.263. The minimum Gasteiger partial charge on any atom is -0.482 e. The van der Waals surface area contributed by atoms with Crippen molar-refractivity contribution in [2.75, 3.05) is 17.7 Å². The molecule has 3 aromatic rings. The largest absolute Gasteiger partial charge is 0.482 e. The van der Waals surface area contributed by atoms with Crippen molar-refractivity contribution in [2.24, 2.45) is 0 Å². The molecule has 10 nitrogen and oxygen atoms in total. The molecular formula is C19H16N4O6S2. The number of amides is 2. The van der Waals surface area contributed by atoms with Crippen molar-refractivity contribution in [2.45, 2.75) is 23.6 Å². The van der Waals surface area contributed by atoms with Crippen LogP contribution in [0.1, 0.15) is 28.2 Å². The number of rotatable bonds is 3. The van der Waals surface area contributed by atoms with Crippen LogP contribution in [0.4, 0.5) is 5.69 Å². The first kappa shape index (κ1) is 19.7. The van der Waals surface area contributed by atoms with E-state index in [2.05, 4.69) is 20.6 Å². The van der Waals surface area contributed by atoms with Crippen molar-refractivity contribution in [1.29, 1.82) is 0 Å². The molecule has 2 amide bonds. The van der Waals surface area contributed by atoms with E-state index in [4.69, 9.17) is 4.74 Å². The number of carbonyl (C=O) groups is 2. The van der Waals surface area contributed by atoms with E-state index < -0.39 is 21.3 Å². The molecule has 0 unspecified atom stereocenters. The van der Waals surface area contributed by atoms with Crippen LogP contribution >= 0.6 is 11.3 Å². The van der Waals surface area contributed by atoms with E-state index in [1.807, 2.05) is 0 Å². The maximum absolute atomic E-state index is 12.6. The van der Waals surface area contributed by atoms with Gasteiger partial charge in [-0.2, -0.15) is 0 Å². The molecular weight excluding hydrogens is 444 g/mol. The Morgan fingerprint density at radius 1 is 1.29 bits per heavy atom. The molecule has 160 valence electrons. The number of carbonyl (C=O) groups excluding carboxylic acids is 2. The number of aryl methyl sites for hydroxylation is 1. The number of sulfone groups is 1. The summed E-state index contributed by atoms with van der Waals surface area (Å²) in [6.07, 6.45) is 0.943. The van der Waals surface area contributed by atoms with Crippen molar-refractivity contribution >= 4 is 48.9 Å². The van der Waals surface area contributed by atoms with Crippen LogP contribution in [0.3, 0.4) is 0 Å². The van der Waals surface area contributed by atoms with Crippen LogP contribution in [0.2, 0.25) is 0 Å². The van der Waals surface area contributed by atoms with E-state index in [1.165, 1.54) is 0 Å². The molecule has 0 saturated carbocycles. The Morgan fingerprint density at radius 2 is 2.13 bits per heavy atom. The summed E-state index contributed by atoms with van der Waals surface area (Å²) in [6, 6.07) is 5.12. The highest BCUT2D eigenvalue weighted by Gasteiger charge is 2.30. The van der Waals surface area contributed by atoms with Crippen molar-refractivity contribution in [3.05, 3.63) is 45.5 Å². The number of hydrogen-bond donors (Lipinski definition) is 3. The van der Waals surface area contributed by atoms with Gasteiger partial charge >= 0.3 is 0 Å². The minimum absolute atomic E-state index is 0.0436. The van der Waals surface area contributed by atoms with Gasteiger partial charge in [-0.05, 0) is 36.1 Å². The van der Waals surface area contributed by atoms with Gasteiger partial charge in [-0.3, -0.25) is 14.4 Å². The highest BCUT2D eigenvalue weighted by Crippen LogP contribution is 2.36. The molecule has 0 fully saturated rings. The van der Waals surface area contributed by atoms with E-state index >= 15 is 0 Å². The predicted octanol–water partition coefficient (Wildman–Crippen LogP) is 0.965. The Hall–Kier alpha value is -3.25. The third kappa shape index (κ3) is 3.47. The van der Waals surface area contributed by atoms with Crippen LogP contribution in [0.15, 0.2) is 27.2 Å². The third-order valence-corrected chi connectivity index (χ3v) is 8.66. The number of hydrogen-bond acceptors (Lipinski definition) is 8. The molecule has 12 heteroatoms. The monoisotopic (exact) mass is 460 g/mol. The summed E-state index contributed by atoms with van der Waals surface area (Å²) in [4.78, 5) is 43.5. The molecule has 31 heavy (non-hydrogen) atoms. The van der Waals surface area contributed by atoms with Gasteiger partial charge in [0.25, 0.3) is 17.4 Å². The van der Waals surface area contributed by atoms with Gasteiger partial charge in [0.2, 0.25) is 5.82 Å². The van der Waals surface area contributed by atoms with Crippen LogP contribution in [0, 0.1) is 0 Å². The number of thiophene rings is 1. The molecule has 0 saturated heterocycles. The zero-order valence-corrected chi connectivity index (χ0v) is 17.6. The number of H-pyrrole nitrogens is 1. The maximum Gasteiger partial charge on any atom is 0.287 e. The van der Waals surface area contributed by atoms with Crippen LogP contribution in [0.25, 0.3) is 10.2 Å². The summed E-state index contributed by atoms with van der Waals surface area (Å²) < 4.78 is 30.1. The SMILES string of the molecule is O=C1COc2ccc(CNC(=O)c3nc4sc5c(c4c(=O)[nH]3)CCCS5(=O)=O)cc2N1. The number of nitrogens with one attached hydrogen (secondary N) is 3. The summed E-state index contributed by atoms with van der Waals surface area (Å²) in [5, 5.41) is 5.60. The number of nitrogens with zero attached hydrogens (tertiary/aromatic N) is 1. The van der Waals surface area contributed by atoms with Gasteiger partial charge in [0.15, 0.2) is 16.4 Å². The first-order chi connectivity index (χ1) is 14.8. The molecule has 1 aromatic carbocycles. The number of anilines is 1. The lowest BCUT2D eigenvalue weighted by molar-refractivity contribution is -0.118. The van der Waals surface area contributed by atoms with Crippen LogP contribution in [-0.4, -0.2) is 42.6 Å². The van der Waals surface area contributed by atoms with Gasteiger partial charge in [0, 0.05) is 6.54 Å². The van der Waals surface area contributed by atoms with Gasteiger partial charge in [0.05, 0.1) is 16.8 Å². The lowest BCUT2D eigenvalue weighted by Gasteiger charge is -2.18. The standard InChI is InChI=1S/C19H16N4O6S2/c24-13-8-29-12-4-3-9(6-11(12)21-13)7-20-17(26)15-22-16(25)14-10-2-1-5-31(27,28)19(10)30-18(14)23-15/h3-4,6H,1-2,5,7-8H2,(H,20,26)(H,21,24)(H,22,23,25). The number of fused-ring (bicyclic) bond motifs is 4. The molecule has 2 aliphatic heterocycles. The Balaban J connectivity index is 1.40. The first-order valence-electron chi connectivity index (χ1n) is 9.44. The normalized spacial score (nSPS) is 16.7. The summed E-state index contributed by atoms with van der Waals surface area (Å²) in [7, 11) is -3.43. The fourth-order valence-electron chi connectivity index (χ4n) is 3.67. The zero-order valence-electron chi connectivity index (χ0n) is 16.0. The lowest BCUT2D eigenvalue weighted by Crippen LogP contribution is -2.28. The number of benzene rings is 1. The van der Waals surface area contributed by atoms with Gasteiger partial charge < -0.3 is 20.4 Å². The molecule has 3 N–H and O–H groups in total. The summed E-state index contributed by atoms with van der Waals surface area (Å²) in [5.74, 6) is -0.467. The Kier molecular flexibility index (Phi) is 4.55. The van der Waals surface area contributed by atoms with Crippen LogP contribution < -0.4 is 20.9 Å². The second-order valence-electron chi connectivity index (χ2n) is 7.24. The van der Waals surface area contributed by atoms with Gasteiger partial charge in [-0.1, -0.05) is 6.07 Å². The minimum atomic E-state index is -3.43. The van der Waals surface area contributed by atoms with E-state index in [-0.39, 0.29) is 45.1 Å². The second-order valence-corrected chi connectivity index (χ2v) is 10.5. The molecule has 0 radical (unpaired) electrons. The van der Waals surface area contributed by atoms with Crippen molar-refractivity contribution in [3.63, 3.8) is 0 Å². The number of aromatic nitrogens is 2. The molecule has 4 heterocycles. The summed E-state index contributed by atoms with van der Waals surface area (Å²) in [6.45, 7) is 0.0804. The van der Waals surface area contributed by atoms with E-state index in [1.54, 1.807) is 18.2 Å². The van der Waals surface area contributed by atoms with Crippen LogP contribution in [0.5, 0.6) is 5.75 Å². The smallest absolute Gasteiger partial charge is 0.287 e. The third-order valence-electron chi connectivity index (χ3n) is 5.09. The zero-order chi connectivity index (χ0) is 21.8. The van der Waals surface area contributed by atoms with Gasteiger partial charge in [-0.15, -0.1) is 11.3 Å². The first-order valence-corrected chi connectivity index (χ1v) is 11.9. The molecule has 0 atom stereocenters. The molecule has 2 aliphatic rings. The Morgan fingerprint density at radius 3 is 2.97 bits per heavy atom. The molecule has 0 aliphatic carbocycles. The number of aromatic amines is 1. The highest BCUT2D eigenvalue weighted by atomic mass is 32.2. The second kappa shape index (κ2) is 7.17. The van der Waals surface area contributed by atoms with Crippen molar-refractivity contribution < 1.29 is 22.7 Å². The van der Waals surface area contributed by atoms with Crippen molar-refractivity contribution in [1.82, 2.24) is 15.3 Å². The summed E-state index contributed by atoms with van der Waals surface area (Å²) >= 11 is 0.929. The average molecular weight is 460 g/mol. The molecule has 5 rings (SSSR count). The van der Waals surface area contributed by atoms with E-state index in [0.29, 0.717) is 35.4 Å². The van der Waals surface area contributed by atoms with Crippen LogP contribution in [-0.2, 0) is 27.6 Å². The Bertz CT molecular complexity index is 1420. The lowest BCUT2D eigenvalue weighted by atomic mass is 10.1. The topological polar surface area (TPSA) is 147 Å². The summed E-state index contributed by atoms with van der Waals surface area (Å²) in [5.41, 5.74) is 1.18. The average Bonchev–Trinajstić information content (AvgIpc) is 3.12. The van der Waals surface area contributed by atoms with Gasteiger partial charge in [-0.25, -0.2) is 13.4 Å². The van der Waals surface area contributed by atoms with E-state index in [0.717, 1.165) is 11.3 Å².